The molecule has 12 rings (SSSR count). The van der Waals surface area contributed by atoms with E-state index in [1.807, 2.05) is 12.1 Å². The molecule has 0 fully saturated rings. The Hall–Kier alpha value is -8.20. The van der Waals surface area contributed by atoms with Gasteiger partial charge in [0.05, 0.1) is 5.41 Å². The highest BCUT2D eigenvalue weighted by Gasteiger charge is 2.46. The van der Waals surface area contributed by atoms with Crippen LogP contribution in [0.25, 0.3) is 66.4 Å². The summed E-state index contributed by atoms with van der Waals surface area (Å²) in [5.41, 5.74) is 19.3. The van der Waals surface area contributed by atoms with Crippen LogP contribution in [-0.2, 0) is 5.41 Å². The molecule has 0 radical (unpaired) electrons. The van der Waals surface area contributed by atoms with Crippen molar-refractivity contribution in [2.45, 2.75) is 5.41 Å². The van der Waals surface area contributed by atoms with Gasteiger partial charge in [0.15, 0.2) is 0 Å². The van der Waals surface area contributed by atoms with Gasteiger partial charge >= 0.3 is 0 Å². The largest absolute Gasteiger partial charge is 0.456 e. The van der Waals surface area contributed by atoms with Crippen LogP contribution in [0.5, 0.6) is 0 Å². The molecule has 0 saturated heterocycles. The minimum Gasteiger partial charge on any atom is -0.456 e. The van der Waals surface area contributed by atoms with Gasteiger partial charge in [-0.05, 0) is 127 Å². The summed E-state index contributed by atoms with van der Waals surface area (Å²) in [6.07, 6.45) is 0. The average molecular weight is 804 g/mol. The summed E-state index contributed by atoms with van der Waals surface area (Å²) >= 11 is 0. The maximum Gasteiger partial charge on any atom is 0.135 e. The quantitative estimate of drug-likeness (QED) is 0.152. The molecule has 11 aromatic rings. The first-order valence-electron chi connectivity index (χ1n) is 21.7. The zero-order valence-electron chi connectivity index (χ0n) is 34.5. The van der Waals surface area contributed by atoms with E-state index in [1.54, 1.807) is 0 Å². The number of nitrogens with zero attached hydrogens (tertiary/aromatic N) is 1. The monoisotopic (exact) mass is 803 g/mol. The fourth-order valence-electron chi connectivity index (χ4n) is 10.1. The molecular formula is C61H41NO. The molecule has 1 aliphatic carbocycles. The molecule has 0 spiro atoms. The van der Waals surface area contributed by atoms with E-state index in [1.165, 1.54) is 50.1 Å². The lowest BCUT2D eigenvalue weighted by Gasteiger charge is -2.33. The molecule has 0 atom stereocenters. The van der Waals surface area contributed by atoms with Crippen molar-refractivity contribution in [1.82, 2.24) is 0 Å². The summed E-state index contributed by atoms with van der Waals surface area (Å²) in [5, 5.41) is 2.26. The van der Waals surface area contributed by atoms with Crippen LogP contribution in [0, 0.1) is 0 Å². The van der Waals surface area contributed by atoms with Gasteiger partial charge in [-0.25, -0.2) is 0 Å². The molecule has 0 bridgehead atoms. The normalized spacial score (nSPS) is 12.6. The first-order valence-corrected chi connectivity index (χ1v) is 21.7. The van der Waals surface area contributed by atoms with Crippen molar-refractivity contribution in [1.29, 1.82) is 0 Å². The van der Waals surface area contributed by atoms with Crippen molar-refractivity contribution < 1.29 is 4.42 Å². The van der Waals surface area contributed by atoms with Crippen molar-refractivity contribution in [3.05, 3.63) is 271 Å². The zero-order valence-corrected chi connectivity index (χ0v) is 34.5. The predicted molar refractivity (Wildman–Crippen MR) is 262 cm³/mol. The smallest absolute Gasteiger partial charge is 0.135 e. The van der Waals surface area contributed by atoms with Crippen molar-refractivity contribution in [3.63, 3.8) is 0 Å². The molecule has 10 aromatic carbocycles. The third kappa shape index (κ3) is 6.10. The van der Waals surface area contributed by atoms with Crippen LogP contribution < -0.4 is 4.90 Å². The van der Waals surface area contributed by atoms with Gasteiger partial charge in [-0.15, -0.1) is 0 Å². The zero-order chi connectivity index (χ0) is 41.7. The molecule has 0 N–H and O–H groups in total. The van der Waals surface area contributed by atoms with E-state index in [0.29, 0.717) is 0 Å². The Kier molecular flexibility index (Phi) is 8.76. The van der Waals surface area contributed by atoms with Crippen LogP contribution in [0.2, 0.25) is 0 Å². The summed E-state index contributed by atoms with van der Waals surface area (Å²) in [6.45, 7) is 0. The van der Waals surface area contributed by atoms with Crippen LogP contribution in [0.1, 0.15) is 22.3 Å². The van der Waals surface area contributed by atoms with E-state index < -0.39 is 5.41 Å². The number of anilines is 3. The van der Waals surface area contributed by atoms with Gasteiger partial charge in [0.1, 0.15) is 11.2 Å². The molecular weight excluding hydrogens is 763 g/mol. The van der Waals surface area contributed by atoms with E-state index in [0.717, 1.165) is 55.7 Å². The molecule has 296 valence electrons. The van der Waals surface area contributed by atoms with Gasteiger partial charge in [0.25, 0.3) is 0 Å². The SMILES string of the molecule is c1ccc(-c2cccc(N(c3ccc(-c4ccc5oc6ccccc6c5c4)cc3)c3cccc(-c4ccc5c(c4)-c4ccccc4C5(c4ccccc4)c4ccccc4)c3)c2)cc1. The number of hydrogen-bond donors (Lipinski definition) is 0. The van der Waals surface area contributed by atoms with Crippen molar-refractivity contribution in [3.8, 4) is 44.5 Å². The van der Waals surface area contributed by atoms with Crippen molar-refractivity contribution >= 4 is 39.0 Å². The summed E-state index contributed by atoms with van der Waals surface area (Å²) in [7, 11) is 0. The predicted octanol–water partition coefficient (Wildman–Crippen LogP) is 16.4. The maximum absolute atomic E-state index is 6.15. The number of furan rings is 1. The maximum atomic E-state index is 6.15. The lowest BCUT2D eigenvalue weighted by atomic mass is 9.67. The van der Waals surface area contributed by atoms with Gasteiger partial charge in [0.2, 0.25) is 0 Å². The molecule has 0 unspecified atom stereocenters. The topological polar surface area (TPSA) is 16.4 Å². The minimum absolute atomic E-state index is 0.431. The Morgan fingerprint density at radius 2 is 0.778 bits per heavy atom. The third-order valence-corrected chi connectivity index (χ3v) is 12.9. The molecule has 0 aliphatic heterocycles. The van der Waals surface area contributed by atoms with Crippen LogP contribution in [0.4, 0.5) is 17.1 Å². The van der Waals surface area contributed by atoms with E-state index in [4.69, 9.17) is 4.42 Å². The van der Waals surface area contributed by atoms with Gasteiger partial charge < -0.3 is 9.32 Å². The van der Waals surface area contributed by atoms with E-state index in [2.05, 4.69) is 241 Å². The molecule has 2 nitrogen and oxygen atoms in total. The van der Waals surface area contributed by atoms with Crippen LogP contribution in [-0.4, -0.2) is 0 Å². The molecule has 1 heterocycles. The van der Waals surface area contributed by atoms with E-state index >= 15 is 0 Å². The number of para-hydroxylation sites is 1. The highest BCUT2D eigenvalue weighted by molar-refractivity contribution is 6.06. The van der Waals surface area contributed by atoms with Crippen LogP contribution in [0.15, 0.2) is 253 Å². The summed E-state index contributed by atoms with van der Waals surface area (Å²) in [5.74, 6) is 0. The number of rotatable bonds is 8. The second kappa shape index (κ2) is 15.1. The van der Waals surface area contributed by atoms with Gasteiger partial charge in [-0.2, -0.15) is 0 Å². The molecule has 0 saturated carbocycles. The molecule has 63 heavy (non-hydrogen) atoms. The van der Waals surface area contributed by atoms with Gasteiger partial charge in [-0.1, -0.05) is 188 Å². The lowest BCUT2D eigenvalue weighted by Crippen LogP contribution is -2.28. The molecule has 2 heteroatoms. The second-order valence-electron chi connectivity index (χ2n) is 16.4. The van der Waals surface area contributed by atoms with Crippen molar-refractivity contribution in [2.24, 2.45) is 0 Å². The van der Waals surface area contributed by atoms with Gasteiger partial charge in [-0.3, -0.25) is 0 Å². The molecule has 1 aliphatic rings. The Bertz CT molecular complexity index is 3400. The minimum atomic E-state index is -0.431. The lowest BCUT2D eigenvalue weighted by molar-refractivity contribution is 0.669. The standard InChI is InChI=1S/C61H41NO/c1-4-16-42(17-5-1)44-18-14-24-51(38-44)62(50-34-30-43(31-35-50)46-33-37-60-56(41-46)54-27-11-13-29-59(54)63-60)52-25-15-19-45(39-52)47-32-36-58-55(40-47)53-26-10-12-28-57(53)61(58,48-20-6-2-7-21-48)49-22-8-3-9-23-49/h1-41H. The van der Waals surface area contributed by atoms with E-state index in [-0.39, 0.29) is 0 Å². The van der Waals surface area contributed by atoms with E-state index in [9.17, 15) is 0 Å². The van der Waals surface area contributed by atoms with Crippen LogP contribution >= 0.6 is 0 Å². The summed E-state index contributed by atoms with van der Waals surface area (Å²) in [6, 6.07) is 90.3. The highest BCUT2D eigenvalue weighted by Crippen LogP contribution is 2.56. The first-order chi connectivity index (χ1) is 31.2. The Morgan fingerprint density at radius 1 is 0.286 bits per heavy atom. The summed E-state index contributed by atoms with van der Waals surface area (Å²) in [4.78, 5) is 2.38. The first kappa shape index (κ1) is 36.6. The Morgan fingerprint density at radius 3 is 1.49 bits per heavy atom. The second-order valence-corrected chi connectivity index (χ2v) is 16.4. The summed E-state index contributed by atoms with van der Waals surface area (Å²) < 4.78 is 6.15. The molecule has 0 amide bonds. The van der Waals surface area contributed by atoms with Gasteiger partial charge in [0, 0.05) is 27.8 Å². The Labute approximate surface area is 367 Å². The fourth-order valence-corrected chi connectivity index (χ4v) is 10.1. The number of fused-ring (bicyclic) bond motifs is 6. The van der Waals surface area contributed by atoms with Crippen molar-refractivity contribution in [2.75, 3.05) is 4.90 Å². The fraction of sp³-hybridized carbons (Fsp3) is 0.0164. The average Bonchev–Trinajstić information content (AvgIpc) is 3.88. The molecule has 1 aromatic heterocycles. The van der Waals surface area contributed by atoms with Crippen LogP contribution in [0.3, 0.4) is 0 Å². The third-order valence-electron chi connectivity index (χ3n) is 12.9. The highest BCUT2D eigenvalue weighted by atomic mass is 16.3. The number of hydrogen-bond acceptors (Lipinski definition) is 2. The number of benzene rings is 10. The Balaban J connectivity index is 0.978.